The summed E-state index contributed by atoms with van der Waals surface area (Å²) < 4.78 is 0. The lowest BCUT2D eigenvalue weighted by molar-refractivity contribution is 0.558. The molecule has 0 amide bonds. The van der Waals surface area contributed by atoms with Gasteiger partial charge in [-0.15, -0.1) is 0 Å². The van der Waals surface area contributed by atoms with Gasteiger partial charge in [-0.05, 0) is 26.2 Å². The third-order valence-corrected chi connectivity index (χ3v) is 2.77. The molecule has 0 bridgehead atoms. The molecule has 1 aromatic rings. The van der Waals surface area contributed by atoms with Crippen molar-refractivity contribution in [2.45, 2.75) is 47.1 Å². The zero-order chi connectivity index (χ0) is 12.8. The van der Waals surface area contributed by atoms with E-state index in [1.165, 1.54) is 0 Å². The molecule has 1 atom stereocenters. The molecule has 1 heterocycles. The number of rotatable bonds is 6. The van der Waals surface area contributed by atoms with E-state index < -0.39 is 0 Å². The van der Waals surface area contributed by atoms with E-state index in [1.807, 2.05) is 13.0 Å². The summed E-state index contributed by atoms with van der Waals surface area (Å²) in [5.41, 5.74) is 0. The molecular formula is C13H24N4. The van der Waals surface area contributed by atoms with Crippen LogP contribution in [0.25, 0.3) is 0 Å². The predicted octanol–water partition coefficient (Wildman–Crippen LogP) is 3.06. The fourth-order valence-corrected chi connectivity index (χ4v) is 1.39. The molecule has 1 unspecified atom stereocenters. The van der Waals surface area contributed by atoms with Gasteiger partial charge in [0.1, 0.15) is 17.5 Å². The van der Waals surface area contributed by atoms with Crippen LogP contribution < -0.4 is 10.6 Å². The smallest absolute Gasteiger partial charge is 0.132 e. The Morgan fingerprint density at radius 2 is 1.82 bits per heavy atom. The summed E-state index contributed by atoms with van der Waals surface area (Å²) in [6.45, 7) is 11.6. The minimum atomic E-state index is 0.406. The van der Waals surface area contributed by atoms with Gasteiger partial charge in [0.05, 0.1) is 0 Å². The van der Waals surface area contributed by atoms with E-state index in [0.29, 0.717) is 12.0 Å². The molecule has 0 aromatic carbocycles. The van der Waals surface area contributed by atoms with Gasteiger partial charge in [-0.2, -0.15) is 0 Å². The Labute approximate surface area is 104 Å². The number of nitrogens with one attached hydrogen (secondary N) is 2. The third-order valence-electron chi connectivity index (χ3n) is 2.77. The summed E-state index contributed by atoms with van der Waals surface area (Å²) in [4.78, 5) is 8.76. The minimum absolute atomic E-state index is 0.406. The topological polar surface area (TPSA) is 49.8 Å². The highest BCUT2D eigenvalue weighted by Gasteiger charge is 2.08. The third kappa shape index (κ3) is 4.59. The number of hydrogen-bond donors (Lipinski definition) is 2. The maximum absolute atomic E-state index is 4.40. The largest absolute Gasteiger partial charge is 0.370 e. The fraction of sp³-hybridized carbons (Fsp3) is 0.692. The normalized spacial score (nSPS) is 12.6. The quantitative estimate of drug-likeness (QED) is 0.797. The Kier molecular flexibility index (Phi) is 5.19. The van der Waals surface area contributed by atoms with E-state index in [-0.39, 0.29) is 0 Å². The zero-order valence-corrected chi connectivity index (χ0v) is 11.5. The van der Waals surface area contributed by atoms with Crippen molar-refractivity contribution in [3.8, 4) is 0 Å². The molecule has 0 saturated carbocycles. The molecule has 0 radical (unpaired) electrons. The first-order chi connectivity index (χ1) is 8.02. The Morgan fingerprint density at radius 1 is 1.18 bits per heavy atom. The average molecular weight is 236 g/mol. The van der Waals surface area contributed by atoms with Crippen LogP contribution in [0.15, 0.2) is 6.07 Å². The molecule has 0 aliphatic heterocycles. The van der Waals surface area contributed by atoms with Gasteiger partial charge in [-0.25, -0.2) is 9.97 Å². The van der Waals surface area contributed by atoms with Crippen LogP contribution >= 0.6 is 0 Å². The van der Waals surface area contributed by atoms with Crippen LogP contribution in [0.3, 0.4) is 0 Å². The summed E-state index contributed by atoms with van der Waals surface area (Å²) in [5.74, 6) is 3.18. The van der Waals surface area contributed by atoms with Crippen LogP contribution in [0, 0.1) is 12.8 Å². The van der Waals surface area contributed by atoms with Crippen molar-refractivity contribution < 1.29 is 0 Å². The molecule has 2 N–H and O–H groups in total. The van der Waals surface area contributed by atoms with Crippen LogP contribution in [0.5, 0.6) is 0 Å². The molecule has 0 spiro atoms. The first-order valence-electron chi connectivity index (χ1n) is 6.39. The SMILES string of the molecule is CCCNc1cc(NC(C)C(C)C)nc(C)n1. The summed E-state index contributed by atoms with van der Waals surface area (Å²) >= 11 is 0. The Hall–Kier alpha value is -1.32. The summed E-state index contributed by atoms with van der Waals surface area (Å²) in [6.07, 6.45) is 1.09. The van der Waals surface area contributed by atoms with Crippen LogP contribution in [-0.4, -0.2) is 22.6 Å². The maximum Gasteiger partial charge on any atom is 0.132 e. The Balaban J connectivity index is 2.74. The summed E-state index contributed by atoms with van der Waals surface area (Å²) in [7, 11) is 0. The highest BCUT2D eigenvalue weighted by Crippen LogP contribution is 2.14. The van der Waals surface area contributed by atoms with Crippen LogP contribution in [0.4, 0.5) is 11.6 Å². The molecule has 1 rings (SSSR count). The number of hydrogen-bond acceptors (Lipinski definition) is 4. The lowest BCUT2D eigenvalue weighted by Crippen LogP contribution is -2.22. The molecule has 4 heteroatoms. The van der Waals surface area contributed by atoms with Crippen molar-refractivity contribution >= 4 is 11.6 Å². The van der Waals surface area contributed by atoms with Gasteiger partial charge in [0.25, 0.3) is 0 Å². The molecule has 0 aliphatic carbocycles. The maximum atomic E-state index is 4.40. The Morgan fingerprint density at radius 3 is 2.41 bits per heavy atom. The number of anilines is 2. The zero-order valence-electron chi connectivity index (χ0n) is 11.5. The van der Waals surface area contributed by atoms with Gasteiger partial charge in [0.15, 0.2) is 0 Å². The first-order valence-corrected chi connectivity index (χ1v) is 6.39. The van der Waals surface area contributed by atoms with E-state index in [0.717, 1.165) is 30.4 Å². The van der Waals surface area contributed by atoms with Crippen molar-refractivity contribution in [3.63, 3.8) is 0 Å². The second-order valence-corrected chi connectivity index (χ2v) is 4.79. The Bertz CT molecular complexity index is 349. The lowest BCUT2D eigenvalue weighted by Gasteiger charge is -2.18. The molecule has 0 fully saturated rings. The van der Waals surface area contributed by atoms with E-state index in [2.05, 4.69) is 48.3 Å². The molecule has 96 valence electrons. The molecule has 17 heavy (non-hydrogen) atoms. The summed E-state index contributed by atoms with van der Waals surface area (Å²) in [6, 6.07) is 2.38. The summed E-state index contributed by atoms with van der Waals surface area (Å²) in [5, 5.41) is 6.69. The number of aromatic nitrogens is 2. The average Bonchev–Trinajstić information content (AvgIpc) is 2.25. The predicted molar refractivity (Wildman–Crippen MR) is 73.5 cm³/mol. The van der Waals surface area contributed by atoms with Crippen molar-refractivity contribution in [1.29, 1.82) is 0 Å². The van der Waals surface area contributed by atoms with Gasteiger partial charge in [0, 0.05) is 18.7 Å². The minimum Gasteiger partial charge on any atom is -0.370 e. The van der Waals surface area contributed by atoms with Crippen molar-refractivity contribution in [2.24, 2.45) is 5.92 Å². The first kappa shape index (κ1) is 13.7. The van der Waals surface area contributed by atoms with E-state index in [9.17, 15) is 0 Å². The van der Waals surface area contributed by atoms with Gasteiger partial charge in [0.2, 0.25) is 0 Å². The highest BCUT2D eigenvalue weighted by atomic mass is 15.1. The molecule has 0 saturated heterocycles. The van der Waals surface area contributed by atoms with Gasteiger partial charge in [-0.3, -0.25) is 0 Å². The van der Waals surface area contributed by atoms with Crippen LogP contribution in [-0.2, 0) is 0 Å². The lowest BCUT2D eigenvalue weighted by atomic mass is 10.1. The van der Waals surface area contributed by atoms with Crippen molar-refractivity contribution in [1.82, 2.24) is 9.97 Å². The standard InChI is InChI=1S/C13H24N4/c1-6-7-14-12-8-13(17-11(5)16-12)15-10(4)9(2)3/h8-10H,6-7H2,1-5H3,(H2,14,15,16,17). The fourth-order valence-electron chi connectivity index (χ4n) is 1.39. The van der Waals surface area contributed by atoms with E-state index in [1.54, 1.807) is 0 Å². The van der Waals surface area contributed by atoms with Gasteiger partial charge in [-0.1, -0.05) is 20.8 Å². The van der Waals surface area contributed by atoms with Gasteiger partial charge < -0.3 is 10.6 Å². The van der Waals surface area contributed by atoms with Crippen molar-refractivity contribution in [3.05, 3.63) is 11.9 Å². The van der Waals surface area contributed by atoms with Crippen molar-refractivity contribution in [2.75, 3.05) is 17.2 Å². The van der Waals surface area contributed by atoms with Gasteiger partial charge >= 0.3 is 0 Å². The number of aryl methyl sites for hydroxylation is 1. The second-order valence-electron chi connectivity index (χ2n) is 4.79. The highest BCUT2D eigenvalue weighted by molar-refractivity contribution is 5.47. The monoisotopic (exact) mass is 236 g/mol. The molecular weight excluding hydrogens is 212 g/mol. The van der Waals surface area contributed by atoms with Crippen LogP contribution in [0.2, 0.25) is 0 Å². The van der Waals surface area contributed by atoms with E-state index >= 15 is 0 Å². The second kappa shape index (κ2) is 6.42. The number of nitrogens with zero attached hydrogens (tertiary/aromatic N) is 2. The van der Waals surface area contributed by atoms with Crippen LogP contribution in [0.1, 0.15) is 39.9 Å². The van der Waals surface area contributed by atoms with E-state index in [4.69, 9.17) is 0 Å². The molecule has 4 nitrogen and oxygen atoms in total. The molecule has 0 aliphatic rings. The molecule has 1 aromatic heterocycles.